The zero-order valence-corrected chi connectivity index (χ0v) is 16.2. The lowest BCUT2D eigenvalue weighted by Crippen LogP contribution is -2.46. The standard InChI is InChI=1S/C22H24N6O/c29-22(24-16-19-7-4-10-23-15-19)20-8-9-21(26-25-20)28-13-11-27(12-14-28)17-18-5-2-1-3-6-18/h1-10,15H,11-14,16-17H2,(H,24,29). The van der Waals surface area contributed by atoms with Crippen LogP contribution in [0.2, 0.25) is 0 Å². The predicted octanol–water partition coefficient (Wildman–Crippen LogP) is 2.12. The summed E-state index contributed by atoms with van der Waals surface area (Å²) in [5.41, 5.74) is 2.60. The van der Waals surface area contributed by atoms with E-state index in [-0.39, 0.29) is 5.91 Å². The molecule has 7 heteroatoms. The van der Waals surface area contributed by atoms with Crippen molar-refractivity contribution in [2.45, 2.75) is 13.1 Å². The molecule has 29 heavy (non-hydrogen) atoms. The van der Waals surface area contributed by atoms with Crippen molar-refractivity contribution in [3.8, 4) is 0 Å². The highest BCUT2D eigenvalue weighted by molar-refractivity contribution is 5.92. The molecule has 1 N–H and O–H groups in total. The highest BCUT2D eigenvalue weighted by atomic mass is 16.1. The molecule has 1 fully saturated rings. The Morgan fingerprint density at radius 2 is 1.69 bits per heavy atom. The number of aromatic nitrogens is 3. The van der Waals surface area contributed by atoms with Crippen molar-refractivity contribution >= 4 is 11.7 Å². The van der Waals surface area contributed by atoms with Gasteiger partial charge in [-0.05, 0) is 29.3 Å². The number of amides is 1. The molecule has 0 aliphatic carbocycles. The molecule has 0 bridgehead atoms. The average molecular weight is 388 g/mol. The van der Waals surface area contributed by atoms with E-state index < -0.39 is 0 Å². The summed E-state index contributed by atoms with van der Waals surface area (Å²) in [6, 6.07) is 17.9. The molecule has 1 aliphatic rings. The number of hydrogen-bond donors (Lipinski definition) is 1. The number of hydrogen-bond acceptors (Lipinski definition) is 6. The van der Waals surface area contributed by atoms with Crippen molar-refractivity contribution in [3.05, 3.63) is 83.8 Å². The van der Waals surface area contributed by atoms with Crippen molar-refractivity contribution in [2.75, 3.05) is 31.1 Å². The Morgan fingerprint density at radius 1 is 0.897 bits per heavy atom. The molecule has 1 aliphatic heterocycles. The van der Waals surface area contributed by atoms with Crippen LogP contribution >= 0.6 is 0 Å². The minimum Gasteiger partial charge on any atom is -0.353 e. The summed E-state index contributed by atoms with van der Waals surface area (Å²) in [5, 5.41) is 11.2. The monoisotopic (exact) mass is 388 g/mol. The maximum absolute atomic E-state index is 12.3. The van der Waals surface area contributed by atoms with Gasteiger partial charge in [-0.2, -0.15) is 0 Å². The van der Waals surface area contributed by atoms with Crippen molar-refractivity contribution in [1.29, 1.82) is 0 Å². The molecule has 3 heterocycles. The van der Waals surface area contributed by atoms with Gasteiger partial charge in [0.25, 0.3) is 5.91 Å². The second kappa shape index (κ2) is 9.25. The van der Waals surface area contributed by atoms with Gasteiger partial charge in [0.2, 0.25) is 0 Å². The van der Waals surface area contributed by atoms with E-state index in [2.05, 4.69) is 54.6 Å². The molecule has 7 nitrogen and oxygen atoms in total. The first-order chi connectivity index (χ1) is 14.3. The smallest absolute Gasteiger partial charge is 0.272 e. The molecule has 4 rings (SSSR count). The number of carbonyl (C=O) groups excluding carboxylic acids is 1. The number of nitrogens with zero attached hydrogens (tertiary/aromatic N) is 5. The summed E-state index contributed by atoms with van der Waals surface area (Å²) in [7, 11) is 0. The number of piperazine rings is 1. The summed E-state index contributed by atoms with van der Waals surface area (Å²) in [4.78, 5) is 21.0. The van der Waals surface area contributed by atoms with Crippen LogP contribution in [0.4, 0.5) is 5.82 Å². The fraction of sp³-hybridized carbons (Fsp3) is 0.273. The predicted molar refractivity (Wildman–Crippen MR) is 111 cm³/mol. The van der Waals surface area contributed by atoms with E-state index >= 15 is 0 Å². The van der Waals surface area contributed by atoms with Gasteiger partial charge < -0.3 is 10.2 Å². The Kier molecular flexibility index (Phi) is 6.07. The molecular formula is C22H24N6O. The van der Waals surface area contributed by atoms with Crippen LogP contribution < -0.4 is 10.2 Å². The molecule has 0 radical (unpaired) electrons. The molecule has 0 atom stereocenters. The second-order valence-electron chi connectivity index (χ2n) is 7.07. The summed E-state index contributed by atoms with van der Waals surface area (Å²) in [6.45, 7) is 5.13. The number of benzene rings is 1. The molecule has 1 aromatic carbocycles. The van der Waals surface area contributed by atoms with Gasteiger partial charge in [0.1, 0.15) is 0 Å². The van der Waals surface area contributed by atoms with E-state index in [0.29, 0.717) is 12.2 Å². The summed E-state index contributed by atoms with van der Waals surface area (Å²) >= 11 is 0. The summed E-state index contributed by atoms with van der Waals surface area (Å²) in [6.07, 6.45) is 3.43. The van der Waals surface area contributed by atoms with E-state index in [1.807, 2.05) is 24.3 Å². The fourth-order valence-corrected chi connectivity index (χ4v) is 3.37. The Balaban J connectivity index is 1.27. The number of rotatable bonds is 6. The average Bonchev–Trinajstić information content (AvgIpc) is 2.79. The molecule has 1 saturated heterocycles. The lowest BCUT2D eigenvalue weighted by atomic mass is 10.2. The molecule has 2 aromatic heterocycles. The maximum atomic E-state index is 12.3. The lowest BCUT2D eigenvalue weighted by molar-refractivity contribution is 0.0945. The van der Waals surface area contributed by atoms with Crippen molar-refractivity contribution in [3.63, 3.8) is 0 Å². The summed E-state index contributed by atoms with van der Waals surface area (Å²) < 4.78 is 0. The van der Waals surface area contributed by atoms with Gasteiger partial charge in [-0.1, -0.05) is 36.4 Å². The molecule has 0 unspecified atom stereocenters. The Bertz CT molecular complexity index is 909. The van der Waals surface area contributed by atoms with Crippen molar-refractivity contribution < 1.29 is 4.79 Å². The SMILES string of the molecule is O=C(NCc1cccnc1)c1ccc(N2CCN(Cc3ccccc3)CC2)nn1. The van der Waals surface area contributed by atoms with Gasteiger partial charge in [-0.3, -0.25) is 14.7 Å². The Morgan fingerprint density at radius 3 is 2.38 bits per heavy atom. The van der Waals surface area contributed by atoms with Crippen LogP contribution in [0.5, 0.6) is 0 Å². The molecule has 0 saturated carbocycles. The van der Waals surface area contributed by atoms with Crippen LogP contribution in [0.15, 0.2) is 67.0 Å². The largest absolute Gasteiger partial charge is 0.353 e. The van der Waals surface area contributed by atoms with Gasteiger partial charge in [-0.25, -0.2) is 0 Å². The van der Waals surface area contributed by atoms with Crippen LogP contribution in [-0.4, -0.2) is 52.2 Å². The van der Waals surface area contributed by atoms with Gasteiger partial charge in [0.15, 0.2) is 11.5 Å². The molecule has 1 amide bonds. The van der Waals surface area contributed by atoms with Crippen LogP contribution in [-0.2, 0) is 13.1 Å². The van der Waals surface area contributed by atoms with Gasteiger partial charge >= 0.3 is 0 Å². The highest BCUT2D eigenvalue weighted by Gasteiger charge is 2.19. The van der Waals surface area contributed by atoms with E-state index in [9.17, 15) is 4.79 Å². The quantitative estimate of drug-likeness (QED) is 0.697. The van der Waals surface area contributed by atoms with E-state index in [1.165, 1.54) is 5.56 Å². The van der Waals surface area contributed by atoms with E-state index in [4.69, 9.17) is 0 Å². The first-order valence-electron chi connectivity index (χ1n) is 9.80. The topological polar surface area (TPSA) is 74.2 Å². The van der Waals surface area contributed by atoms with Crippen molar-refractivity contribution in [1.82, 2.24) is 25.4 Å². The normalized spacial score (nSPS) is 14.6. The molecule has 3 aromatic rings. The molecule has 148 valence electrons. The first kappa shape index (κ1) is 19.0. The highest BCUT2D eigenvalue weighted by Crippen LogP contribution is 2.14. The Labute approximate surface area is 170 Å². The number of pyridine rings is 1. The summed E-state index contributed by atoms with van der Waals surface area (Å²) in [5.74, 6) is 0.578. The van der Waals surface area contributed by atoms with Crippen LogP contribution in [0.1, 0.15) is 21.6 Å². The number of anilines is 1. The number of carbonyl (C=O) groups is 1. The zero-order valence-electron chi connectivity index (χ0n) is 16.2. The zero-order chi connectivity index (χ0) is 19.9. The minimum absolute atomic E-state index is 0.236. The van der Waals surface area contributed by atoms with E-state index in [0.717, 1.165) is 44.1 Å². The fourth-order valence-electron chi connectivity index (χ4n) is 3.37. The molecule has 0 spiro atoms. The van der Waals surface area contributed by atoms with Gasteiger partial charge in [-0.15, -0.1) is 10.2 Å². The van der Waals surface area contributed by atoms with Crippen LogP contribution in [0, 0.1) is 0 Å². The maximum Gasteiger partial charge on any atom is 0.272 e. The third-order valence-corrected chi connectivity index (χ3v) is 5.00. The Hall–Kier alpha value is -3.32. The van der Waals surface area contributed by atoms with Crippen molar-refractivity contribution in [2.24, 2.45) is 0 Å². The van der Waals surface area contributed by atoms with Gasteiger partial charge in [0.05, 0.1) is 0 Å². The van der Waals surface area contributed by atoms with Crippen LogP contribution in [0.3, 0.4) is 0 Å². The molecular weight excluding hydrogens is 364 g/mol. The van der Waals surface area contributed by atoms with Gasteiger partial charge in [0, 0.05) is 51.7 Å². The van der Waals surface area contributed by atoms with Crippen LogP contribution in [0.25, 0.3) is 0 Å². The third kappa shape index (κ3) is 5.14. The minimum atomic E-state index is -0.236. The first-order valence-corrected chi connectivity index (χ1v) is 9.80. The third-order valence-electron chi connectivity index (χ3n) is 5.00. The number of nitrogens with one attached hydrogen (secondary N) is 1. The van der Waals surface area contributed by atoms with E-state index in [1.54, 1.807) is 18.5 Å². The second-order valence-corrected chi connectivity index (χ2v) is 7.07. The lowest BCUT2D eigenvalue weighted by Gasteiger charge is -2.35.